The number of aliphatic hydroxyl groups is 1. The summed E-state index contributed by atoms with van der Waals surface area (Å²) in [7, 11) is 0. The van der Waals surface area contributed by atoms with Gasteiger partial charge in [0.25, 0.3) is 0 Å². The zero-order valence-electron chi connectivity index (χ0n) is 13.6. The summed E-state index contributed by atoms with van der Waals surface area (Å²) in [6, 6.07) is 5.59. The largest absolute Gasteiger partial charge is 0.388 e. The molecule has 1 aliphatic carbocycles. The number of nitrogens with one attached hydrogen (secondary N) is 2. The highest BCUT2D eigenvalue weighted by Crippen LogP contribution is 2.30. The third kappa shape index (κ3) is 3.64. The minimum absolute atomic E-state index is 0.0313. The molecule has 0 radical (unpaired) electrons. The molecule has 0 bridgehead atoms. The lowest BCUT2D eigenvalue weighted by atomic mass is 9.86. The zero-order chi connectivity index (χ0) is 17.1. The molecule has 0 saturated heterocycles. The Balaban J connectivity index is 1.58. The molecule has 3 atom stereocenters. The van der Waals surface area contributed by atoms with E-state index in [1.54, 1.807) is 18.3 Å². The molecule has 1 heterocycles. The fourth-order valence-electron chi connectivity index (χ4n) is 3.29. The molecule has 3 rings (SSSR count). The molecule has 6 heteroatoms. The average molecular weight is 331 g/mol. The van der Waals surface area contributed by atoms with E-state index in [1.807, 2.05) is 6.92 Å². The van der Waals surface area contributed by atoms with Crippen LogP contribution in [-0.2, 0) is 11.2 Å². The predicted molar refractivity (Wildman–Crippen MR) is 87.8 cm³/mol. The van der Waals surface area contributed by atoms with E-state index in [9.17, 15) is 14.3 Å². The van der Waals surface area contributed by atoms with Gasteiger partial charge in [-0.05, 0) is 50.3 Å². The molecule has 3 unspecified atom stereocenters. The zero-order valence-corrected chi connectivity index (χ0v) is 13.6. The van der Waals surface area contributed by atoms with E-state index in [0.29, 0.717) is 12.0 Å². The van der Waals surface area contributed by atoms with Gasteiger partial charge < -0.3 is 10.4 Å². The van der Waals surface area contributed by atoms with Gasteiger partial charge in [0.15, 0.2) is 0 Å². The van der Waals surface area contributed by atoms with Crippen LogP contribution in [0.15, 0.2) is 30.5 Å². The van der Waals surface area contributed by atoms with Crippen LogP contribution in [0.25, 0.3) is 0 Å². The predicted octanol–water partition coefficient (Wildman–Crippen LogP) is 2.60. The Morgan fingerprint density at radius 3 is 2.96 bits per heavy atom. The van der Waals surface area contributed by atoms with E-state index in [1.165, 1.54) is 12.1 Å². The van der Waals surface area contributed by atoms with Crippen molar-refractivity contribution in [3.8, 4) is 0 Å². The van der Waals surface area contributed by atoms with Crippen molar-refractivity contribution in [3.05, 3.63) is 53.1 Å². The normalized spacial score (nSPS) is 19.4. The minimum atomic E-state index is -0.739. The maximum atomic E-state index is 12.9. The fourth-order valence-corrected chi connectivity index (χ4v) is 3.29. The van der Waals surface area contributed by atoms with Crippen molar-refractivity contribution in [2.75, 3.05) is 0 Å². The Labute approximate surface area is 140 Å². The summed E-state index contributed by atoms with van der Waals surface area (Å²) in [5.74, 6) is -0.547. The molecule has 5 nitrogen and oxygen atoms in total. The van der Waals surface area contributed by atoms with Gasteiger partial charge >= 0.3 is 0 Å². The fraction of sp³-hybridized carbons (Fsp3) is 0.444. The summed E-state index contributed by atoms with van der Waals surface area (Å²) in [6.45, 7) is 1.86. The lowest BCUT2D eigenvalue weighted by Gasteiger charge is -2.24. The molecule has 0 aliphatic heterocycles. The summed E-state index contributed by atoms with van der Waals surface area (Å²) >= 11 is 0. The highest BCUT2D eigenvalue weighted by molar-refractivity contribution is 5.84. The molecule has 0 fully saturated rings. The van der Waals surface area contributed by atoms with Crippen molar-refractivity contribution < 1.29 is 14.3 Å². The smallest absolute Gasteiger partial charge is 0.227 e. The molecule has 1 aliphatic rings. The number of carbonyl (C=O) groups is 1. The molecule has 1 aromatic carbocycles. The van der Waals surface area contributed by atoms with E-state index < -0.39 is 6.10 Å². The van der Waals surface area contributed by atoms with Gasteiger partial charge in [0.1, 0.15) is 5.82 Å². The van der Waals surface area contributed by atoms with Crippen molar-refractivity contribution in [2.45, 2.75) is 50.7 Å². The Bertz CT molecular complexity index is 699. The second-order valence-corrected chi connectivity index (χ2v) is 6.46. The molecule has 128 valence electrons. The number of aromatic amines is 1. The van der Waals surface area contributed by atoms with Crippen LogP contribution in [0.1, 0.15) is 55.0 Å². The number of amides is 1. The molecule has 1 amide bonds. The number of H-pyrrole nitrogens is 1. The van der Waals surface area contributed by atoms with Crippen molar-refractivity contribution in [3.63, 3.8) is 0 Å². The molecule has 3 N–H and O–H groups in total. The van der Waals surface area contributed by atoms with Gasteiger partial charge in [-0.3, -0.25) is 9.89 Å². The highest BCUT2D eigenvalue weighted by atomic mass is 19.1. The summed E-state index contributed by atoms with van der Waals surface area (Å²) in [5.41, 5.74) is 2.66. The third-order valence-electron chi connectivity index (χ3n) is 4.58. The molecule has 0 saturated carbocycles. The first-order valence-electron chi connectivity index (χ1n) is 8.30. The molecular weight excluding hydrogens is 309 g/mol. The van der Waals surface area contributed by atoms with Crippen molar-refractivity contribution in [1.82, 2.24) is 15.5 Å². The van der Waals surface area contributed by atoms with Crippen molar-refractivity contribution >= 4 is 5.91 Å². The number of nitrogens with zero attached hydrogens (tertiary/aromatic N) is 1. The van der Waals surface area contributed by atoms with Gasteiger partial charge in [-0.25, -0.2) is 4.39 Å². The van der Waals surface area contributed by atoms with E-state index in [0.717, 1.165) is 30.5 Å². The van der Waals surface area contributed by atoms with Gasteiger partial charge in [0.2, 0.25) is 5.91 Å². The number of hydrogen-bond acceptors (Lipinski definition) is 3. The summed E-state index contributed by atoms with van der Waals surface area (Å²) in [5, 5.41) is 20.2. The monoisotopic (exact) mass is 331 g/mol. The Hall–Kier alpha value is -2.21. The number of carbonyl (C=O) groups excluding carboxylic acids is 1. The maximum Gasteiger partial charge on any atom is 0.227 e. The summed E-state index contributed by atoms with van der Waals surface area (Å²) < 4.78 is 12.9. The van der Waals surface area contributed by atoms with E-state index in [2.05, 4.69) is 15.5 Å². The quantitative estimate of drug-likeness (QED) is 0.788. The highest BCUT2D eigenvalue weighted by Gasteiger charge is 2.28. The van der Waals surface area contributed by atoms with Crippen molar-refractivity contribution in [1.29, 1.82) is 0 Å². The molecule has 0 spiro atoms. The first-order chi connectivity index (χ1) is 11.5. The molecule has 2 aromatic rings. The second-order valence-electron chi connectivity index (χ2n) is 6.46. The molecule has 1 aromatic heterocycles. The van der Waals surface area contributed by atoms with Crippen LogP contribution in [0.3, 0.4) is 0 Å². The SMILES string of the molecule is CC(CC(O)c1ccc(F)cc1)NC(=O)C1CCCc2[nH]ncc21. The number of rotatable bonds is 5. The number of hydrogen-bond donors (Lipinski definition) is 3. The van der Waals surface area contributed by atoms with Crippen LogP contribution in [0, 0.1) is 5.82 Å². The summed E-state index contributed by atoms with van der Waals surface area (Å²) in [6.07, 6.45) is 4.07. The van der Waals surface area contributed by atoms with Gasteiger partial charge in [-0.15, -0.1) is 0 Å². The van der Waals surface area contributed by atoms with E-state index >= 15 is 0 Å². The first-order valence-corrected chi connectivity index (χ1v) is 8.30. The van der Waals surface area contributed by atoms with Crippen LogP contribution >= 0.6 is 0 Å². The molecular formula is C18H22FN3O2. The van der Waals surface area contributed by atoms with Crippen LogP contribution < -0.4 is 5.32 Å². The second kappa shape index (κ2) is 7.13. The molecule has 24 heavy (non-hydrogen) atoms. The first kappa shape index (κ1) is 16.6. The Morgan fingerprint density at radius 2 is 2.21 bits per heavy atom. The number of aryl methyl sites for hydroxylation is 1. The Kier molecular flexibility index (Phi) is 4.94. The van der Waals surface area contributed by atoms with Crippen LogP contribution in [0.2, 0.25) is 0 Å². The summed E-state index contributed by atoms with van der Waals surface area (Å²) in [4.78, 5) is 12.5. The van der Waals surface area contributed by atoms with Crippen LogP contribution in [0.5, 0.6) is 0 Å². The number of aromatic nitrogens is 2. The topological polar surface area (TPSA) is 78.0 Å². The lowest BCUT2D eigenvalue weighted by Crippen LogP contribution is -2.38. The number of benzene rings is 1. The Morgan fingerprint density at radius 1 is 1.46 bits per heavy atom. The van der Waals surface area contributed by atoms with Gasteiger partial charge in [0.05, 0.1) is 18.2 Å². The maximum absolute atomic E-state index is 12.9. The number of aliphatic hydroxyl groups excluding tert-OH is 1. The van der Waals surface area contributed by atoms with Crippen LogP contribution in [0.4, 0.5) is 4.39 Å². The van der Waals surface area contributed by atoms with E-state index in [4.69, 9.17) is 0 Å². The van der Waals surface area contributed by atoms with Crippen LogP contribution in [-0.4, -0.2) is 27.3 Å². The van der Waals surface area contributed by atoms with E-state index in [-0.39, 0.29) is 23.7 Å². The minimum Gasteiger partial charge on any atom is -0.388 e. The van der Waals surface area contributed by atoms with Gasteiger partial charge in [-0.1, -0.05) is 12.1 Å². The lowest BCUT2D eigenvalue weighted by molar-refractivity contribution is -0.123. The third-order valence-corrected chi connectivity index (χ3v) is 4.58. The number of fused-ring (bicyclic) bond motifs is 1. The number of halogens is 1. The average Bonchev–Trinajstić information content (AvgIpc) is 3.03. The van der Waals surface area contributed by atoms with Crippen molar-refractivity contribution in [2.24, 2.45) is 0 Å². The van der Waals surface area contributed by atoms with Gasteiger partial charge in [0, 0.05) is 17.3 Å². The standard InChI is InChI=1S/C18H22FN3O2/c1-11(9-17(23)12-5-7-13(19)8-6-12)21-18(24)14-3-2-4-16-15(14)10-20-22-16/h5-8,10-11,14,17,23H,2-4,9H2,1H3,(H,20,22)(H,21,24). The van der Waals surface area contributed by atoms with Gasteiger partial charge in [-0.2, -0.15) is 5.10 Å².